The minimum Gasteiger partial charge on any atom is -0.465 e. The lowest BCUT2D eigenvalue weighted by Gasteiger charge is -2.04. The number of carbonyl (C=O) groups is 1. The van der Waals surface area contributed by atoms with Crippen LogP contribution in [-0.4, -0.2) is 13.1 Å². The fourth-order valence-electron chi connectivity index (χ4n) is 0.971. The topological polar surface area (TPSA) is 50.1 Å². The maximum Gasteiger partial charge on any atom is 0.340 e. The molecule has 3 nitrogen and oxygen atoms in total. The van der Waals surface area contributed by atoms with Gasteiger partial charge in [-0.15, -0.1) is 0 Å². The minimum absolute atomic E-state index is 0.122. The van der Waals surface area contributed by atoms with Crippen molar-refractivity contribution in [3.05, 3.63) is 31.9 Å². The molecule has 0 aromatic heterocycles. The summed E-state index contributed by atoms with van der Waals surface area (Å²) < 4.78 is 5.33. The maximum atomic E-state index is 11.3. The number of methoxy groups -OCH3 is 1. The van der Waals surface area contributed by atoms with Gasteiger partial charge in [0.2, 0.25) is 0 Å². The van der Waals surface area contributed by atoms with Gasteiger partial charge >= 0.3 is 5.97 Å². The lowest BCUT2D eigenvalue weighted by atomic mass is 10.1. The molecule has 14 heavy (non-hydrogen) atoms. The van der Waals surface area contributed by atoms with Gasteiger partial charge in [0, 0.05) is 3.57 Å². The Morgan fingerprint density at radius 3 is 2.79 bits per heavy atom. The van der Waals surface area contributed by atoms with Crippen LogP contribution in [0.2, 0.25) is 5.02 Å². The number of hydrogen-bond acceptors (Lipinski definition) is 3. The van der Waals surface area contributed by atoms with Crippen molar-refractivity contribution < 1.29 is 9.53 Å². The number of ether oxygens (including phenoxy) is 1. The van der Waals surface area contributed by atoms with Crippen molar-refractivity contribution in [3.8, 4) is 6.07 Å². The van der Waals surface area contributed by atoms with Crippen LogP contribution in [0.15, 0.2) is 12.1 Å². The van der Waals surface area contributed by atoms with E-state index in [1.54, 1.807) is 12.1 Å². The molecule has 0 saturated heterocycles. The number of benzene rings is 1. The summed E-state index contributed by atoms with van der Waals surface area (Å²) in [5, 5.41) is 9.03. The predicted molar refractivity (Wildman–Crippen MR) is 60.2 cm³/mol. The first kappa shape index (κ1) is 11.3. The average Bonchev–Trinajstić information content (AvgIpc) is 2.15. The summed E-state index contributed by atoms with van der Waals surface area (Å²) in [4.78, 5) is 11.3. The molecule has 0 heterocycles. The van der Waals surface area contributed by atoms with Crippen LogP contribution < -0.4 is 0 Å². The molecule has 0 fully saturated rings. The summed E-state index contributed by atoms with van der Waals surface area (Å²) in [5.74, 6) is -0.594. The van der Waals surface area contributed by atoms with Gasteiger partial charge in [-0.25, -0.2) is 4.79 Å². The monoisotopic (exact) mass is 321 g/mol. The van der Waals surface area contributed by atoms with Crippen molar-refractivity contribution in [2.45, 2.75) is 0 Å². The summed E-state index contributed by atoms with van der Waals surface area (Å²) in [5.41, 5.74) is 0.353. The lowest BCUT2D eigenvalue weighted by Crippen LogP contribution is -2.05. The Kier molecular flexibility index (Phi) is 3.72. The quantitative estimate of drug-likeness (QED) is 0.590. The highest BCUT2D eigenvalue weighted by Gasteiger charge is 2.16. The van der Waals surface area contributed by atoms with Crippen LogP contribution in [0.4, 0.5) is 0 Å². The van der Waals surface area contributed by atoms with Crippen LogP contribution in [0.25, 0.3) is 0 Å². The number of rotatable bonds is 1. The molecule has 0 aliphatic carbocycles. The molecule has 0 unspecified atom stereocenters. The highest BCUT2D eigenvalue weighted by molar-refractivity contribution is 14.1. The molecule has 0 spiro atoms. The van der Waals surface area contributed by atoms with Gasteiger partial charge in [0.1, 0.15) is 6.07 Å². The Morgan fingerprint density at radius 1 is 1.64 bits per heavy atom. The smallest absolute Gasteiger partial charge is 0.340 e. The molecule has 0 radical (unpaired) electrons. The molecular weight excluding hydrogens is 316 g/mol. The van der Waals surface area contributed by atoms with Crippen LogP contribution in [0.1, 0.15) is 15.9 Å². The van der Waals surface area contributed by atoms with E-state index in [1.807, 2.05) is 28.7 Å². The fraction of sp³-hybridized carbons (Fsp3) is 0.111. The fourth-order valence-corrected chi connectivity index (χ4v) is 2.07. The van der Waals surface area contributed by atoms with Crippen molar-refractivity contribution in [2.24, 2.45) is 0 Å². The van der Waals surface area contributed by atoms with Gasteiger partial charge in [0.05, 0.1) is 23.3 Å². The van der Waals surface area contributed by atoms with Crippen LogP contribution in [0, 0.1) is 14.9 Å². The average molecular weight is 322 g/mol. The Balaban J connectivity index is 3.42. The first-order valence-electron chi connectivity index (χ1n) is 3.57. The third kappa shape index (κ3) is 2.16. The SMILES string of the molecule is COC(=O)c1c(Cl)cc(I)cc1C#N. The number of nitrogens with zero attached hydrogens (tertiary/aromatic N) is 1. The first-order valence-corrected chi connectivity index (χ1v) is 5.03. The van der Waals surface area contributed by atoms with E-state index in [0.717, 1.165) is 3.57 Å². The zero-order valence-electron chi connectivity index (χ0n) is 7.17. The summed E-state index contributed by atoms with van der Waals surface area (Å²) in [6.07, 6.45) is 0. The van der Waals surface area contributed by atoms with E-state index in [4.69, 9.17) is 16.9 Å². The van der Waals surface area contributed by atoms with E-state index < -0.39 is 5.97 Å². The summed E-state index contributed by atoms with van der Waals surface area (Å²) in [6.45, 7) is 0. The van der Waals surface area contributed by atoms with Gasteiger partial charge in [0.25, 0.3) is 0 Å². The standard InChI is InChI=1S/C9H5ClINO2/c1-14-9(13)8-5(4-12)2-6(11)3-7(8)10/h2-3H,1H3. The number of carbonyl (C=O) groups excluding carboxylic acids is 1. The highest BCUT2D eigenvalue weighted by Crippen LogP contribution is 2.23. The summed E-state index contributed by atoms with van der Waals surface area (Å²) in [6, 6.07) is 5.09. The highest BCUT2D eigenvalue weighted by atomic mass is 127. The zero-order chi connectivity index (χ0) is 10.7. The molecule has 0 aliphatic rings. The van der Waals surface area contributed by atoms with E-state index in [1.165, 1.54) is 7.11 Å². The van der Waals surface area contributed by atoms with Crippen LogP contribution in [0.3, 0.4) is 0 Å². The molecule has 72 valence electrons. The lowest BCUT2D eigenvalue weighted by molar-refractivity contribution is 0.0600. The van der Waals surface area contributed by atoms with E-state index in [2.05, 4.69) is 4.74 Å². The molecule has 0 N–H and O–H groups in total. The first-order chi connectivity index (χ1) is 6.60. The van der Waals surface area contributed by atoms with Gasteiger partial charge in [-0.05, 0) is 34.7 Å². The van der Waals surface area contributed by atoms with Crippen molar-refractivity contribution in [1.29, 1.82) is 5.26 Å². The van der Waals surface area contributed by atoms with Gasteiger partial charge in [-0.1, -0.05) is 11.6 Å². The molecule has 0 amide bonds. The molecule has 1 aromatic carbocycles. The molecule has 0 saturated carbocycles. The van der Waals surface area contributed by atoms with Crippen molar-refractivity contribution in [1.82, 2.24) is 0 Å². The number of hydrogen-bond donors (Lipinski definition) is 0. The van der Waals surface area contributed by atoms with Gasteiger partial charge in [-0.3, -0.25) is 0 Å². The van der Waals surface area contributed by atoms with Crippen LogP contribution in [0.5, 0.6) is 0 Å². The van der Waals surface area contributed by atoms with Crippen molar-refractivity contribution in [2.75, 3.05) is 7.11 Å². The maximum absolute atomic E-state index is 11.3. The van der Waals surface area contributed by atoms with Crippen LogP contribution >= 0.6 is 34.2 Å². The molecule has 0 bridgehead atoms. The second-order valence-corrected chi connectivity index (χ2v) is 4.07. The Morgan fingerprint density at radius 2 is 2.29 bits per heavy atom. The molecular formula is C9H5ClINO2. The Bertz CT molecular complexity index is 426. The normalized spacial score (nSPS) is 9.29. The van der Waals surface area contributed by atoms with E-state index in [9.17, 15) is 4.79 Å². The molecule has 0 atom stereocenters. The van der Waals surface area contributed by atoms with Crippen molar-refractivity contribution >= 4 is 40.2 Å². The Hall–Kier alpha value is -0.800. The van der Waals surface area contributed by atoms with Gasteiger partial charge < -0.3 is 4.74 Å². The molecule has 0 aliphatic heterocycles. The number of halogens is 2. The largest absolute Gasteiger partial charge is 0.465 e. The number of nitriles is 1. The van der Waals surface area contributed by atoms with Gasteiger partial charge in [-0.2, -0.15) is 5.26 Å². The Labute approximate surface area is 99.8 Å². The molecule has 1 rings (SSSR count). The third-order valence-corrected chi connectivity index (χ3v) is 2.49. The van der Waals surface area contributed by atoms with E-state index in [-0.39, 0.29) is 16.1 Å². The third-order valence-electron chi connectivity index (χ3n) is 1.56. The minimum atomic E-state index is -0.594. The van der Waals surface area contributed by atoms with Crippen molar-refractivity contribution in [3.63, 3.8) is 0 Å². The van der Waals surface area contributed by atoms with Gasteiger partial charge in [0.15, 0.2) is 0 Å². The number of esters is 1. The molecule has 1 aromatic rings. The second-order valence-electron chi connectivity index (χ2n) is 2.41. The molecule has 5 heteroatoms. The predicted octanol–water partition coefficient (Wildman–Crippen LogP) is 2.60. The van der Waals surface area contributed by atoms with Crippen LogP contribution in [-0.2, 0) is 4.74 Å². The summed E-state index contributed by atoms with van der Waals surface area (Å²) >= 11 is 7.85. The summed E-state index contributed by atoms with van der Waals surface area (Å²) in [7, 11) is 1.25. The zero-order valence-corrected chi connectivity index (χ0v) is 10.1. The van der Waals surface area contributed by atoms with E-state index >= 15 is 0 Å². The second kappa shape index (κ2) is 4.62. The van der Waals surface area contributed by atoms with E-state index in [0.29, 0.717) is 0 Å².